The molecule has 122 valence electrons. The van der Waals surface area contributed by atoms with Gasteiger partial charge in [0.2, 0.25) is 5.90 Å². The first-order valence-corrected chi connectivity index (χ1v) is 8.03. The number of alkyl halides is 3. The Balaban J connectivity index is 4.17. The number of esters is 1. The summed E-state index contributed by atoms with van der Waals surface area (Å²) in [6.45, 7) is 3.60. The highest BCUT2D eigenvalue weighted by atomic mass is 35.6. The molecule has 1 atom stereocenters. The van der Waals surface area contributed by atoms with Crippen molar-refractivity contribution in [3.8, 4) is 0 Å². The van der Waals surface area contributed by atoms with E-state index in [1.165, 1.54) is 13.3 Å². The van der Waals surface area contributed by atoms with Crippen LogP contribution in [0.15, 0.2) is 12.2 Å². The molecule has 1 unspecified atom stereocenters. The predicted molar refractivity (Wildman–Crippen MR) is 87.4 cm³/mol. The summed E-state index contributed by atoms with van der Waals surface area (Å²) in [6.07, 6.45) is 8.28. The summed E-state index contributed by atoms with van der Waals surface area (Å²) in [5.41, 5.74) is 0. The summed E-state index contributed by atoms with van der Waals surface area (Å²) in [7, 11) is 0. The molecule has 0 fully saturated rings. The number of rotatable bonds is 9. The van der Waals surface area contributed by atoms with Crippen LogP contribution in [0.5, 0.6) is 0 Å². The number of hydrogen-bond acceptors (Lipinski definition) is 4. The third kappa shape index (κ3) is 11.8. The molecule has 0 aliphatic rings. The Bertz CT molecular complexity index is 354. The average Bonchev–Trinajstić information content (AvgIpc) is 2.37. The Morgan fingerprint density at radius 3 is 2.48 bits per heavy atom. The van der Waals surface area contributed by atoms with E-state index in [0.29, 0.717) is 0 Å². The molecule has 0 aliphatic heterocycles. The molecule has 21 heavy (non-hydrogen) atoms. The molecule has 0 saturated heterocycles. The van der Waals surface area contributed by atoms with Crippen LogP contribution in [-0.4, -0.2) is 28.4 Å². The molecular formula is C14H22Cl3NO3. The number of carbonyl (C=O) groups excluding carboxylic acids is 1. The van der Waals surface area contributed by atoms with Crippen molar-refractivity contribution in [1.29, 1.82) is 5.41 Å². The van der Waals surface area contributed by atoms with Gasteiger partial charge in [-0.2, -0.15) is 0 Å². The van der Waals surface area contributed by atoms with Crippen LogP contribution in [0.1, 0.15) is 46.0 Å². The molecule has 0 aromatic carbocycles. The number of carbonyl (C=O) groups is 1. The molecule has 0 aliphatic carbocycles. The van der Waals surface area contributed by atoms with Crippen LogP contribution in [0, 0.1) is 5.41 Å². The minimum atomic E-state index is -1.86. The zero-order valence-corrected chi connectivity index (χ0v) is 14.6. The monoisotopic (exact) mass is 357 g/mol. The highest BCUT2D eigenvalue weighted by molar-refractivity contribution is 6.76. The van der Waals surface area contributed by atoms with Gasteiger partial charge in [0.05, 0.1) is 0 Å². The van der Waals surface area contributed by atoms with Gasteiger partial charge >= 0.3 is 5.97 Å². The fraction of sp³-hybridized carbons (Fsp3) is 0.714. The normalized spacial score (nSPS) is 13.2. The molecular weight excluding hydrogens is 337 g/mol. The van der Waals surface area contributed by atoms with E-state index in [-0.39, 0.29) is 18.7 Å². The van der Waals surface area contributed by atoms with Gasteiger partial charge in [-0.15, -0.1) is 0 Å². The largest absolute Gasteiger partial charge is 0.474 e. The minimum Gasteiger partial charge on any atom is -0.474 e. The van der Waals surface area contributed by atoms with Crippen molar-refractivity contribution in [2.24, 2.45) is 0 Å². The zero-order chi connectivity index (χ0) is 16.3. The van der Waals surface area contributed by atoms with Gasteiger partial charge in [-0.25, -0.2) is 0 Å². The Morgan fingerprint density at radius 1 is 1.29 bits per heavy atom. The lowest BCUT2D eigenvalue weighted by molar-refractivity contribution is -0.144. The topological polar surface area (TPSA) is 59.4 Å². The van der Waals surface area contributed by atoms with E-state index in [4.69, 9.17) is 49.7 Å². The zero-order valence-electron chi connectivity index (χ0n) is 12.3. The van der Waals surface area contributed by atoms with E-state index in [9.17, 15) is 4.79 Å². The molecule has 0 saturated carbocycles. The van der Waals surface area contributed by atoms with Crippen LogP contribution in [0.25, 0.3) is 0 Å². The molecule has 4 nitrogen and oxygen atoms in total. The van der Waals surface area contributed by atoms with Crippen LogP contribution in [0.2, 0.25) is 0 Å². The van der Waals surface area contributed by atoms with Crippen molar-refractivity contribution in [1.82, 2.24) is 0 Å². The maximum atomic E-state index is 11.0. The third-order valence-electron chi connectivity index (χ3n) is 2.59. The molecule has 0 aromatic rings. The van der Waals surface area contributed by atoms with Crippen molar-refractivity contribution in [2.45, 2.75) is 55.8 Å². The number of ether oxygens (including phenoxy) is 2. The highest BCUT2D eigenvalue weighted by Gasteiger charge is 2.28. The SMILES string of the molecule is CCCCCCC(/C=C\COC(=N)C(Cl)(Cl)Cl)OC(C)=O. The van der Waals surface area contributed by atoms with E-state index < -0.39 is 9.69 Å². The molecule has 0 bridgehead atoms. The van der Waals surface area contributed by atoms with Crippen LogP contribution < -0.4 is 0 Å². The van der Waals surface area contributed by atoms with Gasteiger partial charge < -0.3 is 9.47 Å². The van der Waals surface area contributed by atoms with Crippen molar-refractivity contribution < 1.29 is 14.3 Å². The Labute approximate surface area is 141 Å². The van der Waals surface area contributed by atoms with Crippen LogP contribution in [-0.2, 0) is 14.3 Å². The van der Waals surface area contributed by atoms with E-state index in [1.54, 1.807) is 12.2 Å². The second-order valence-corrected chi connectivity index (χ2v) is 6.84. The fourth-order valence-electron chi connectivity index (χ4n) is 1.60. The first-order valence-electron chi connectivity index (χ1n) is 6.89. The Kier molecular flexibility index (Phi) is 10.9. The lowest BCUT2D eigenvalue weighted by Crippen LogP contribution is -2.21. The first-order chi connectivity index (χ1) is 9.77. The van der Waals surface area contributed by atoms with Crippen molar-refractivity contribution in [2.75, 3.05) is 6.61 Å². The van der Waals surface area contributed by atoms with Crippen LogP contribution >= 0.6 is 34.8 Å². The second-order valence-electron chi connectivity index (χ2n) is 4.56. The molecule has 0 radical (unpaired) electrons. The van der Waals surface area contributed by atoms with Crippen LogP contribution in [0.3, 0.4) is 0 Å². The average molecular weight is 359 g/mol. The molecule has 0 aromatic heterocycles. The van der Waals surface area contributed by atoms with E-state index in [0.717, 1.165) is 25.7 Å². The molecule has 0 rings (SSSR count). The maximum absolute atomic E-state index is 11.0. The summed E-state index contributed by atoms with van der Waals surface area (Å²) in [5.74, 6) is -0.765. The van der Waals surface area contributed by atoms with Gasteiger partial charge in [-0.3, -0.25) is 10.2 Å². The highest BCUT2D eigenvalue weighted by Crippen LogP contribution is 2.27. The van der Waals surface area contributed by atoms with Gasteiger partial charge in [-0.05, 0) is 25.0 Å². The third-order valence-corrected chi connectivity index (χ3v) is 3.11. The van der Waals surface area contributed by atoms with Gasteiger partial charge in [0.15, 0.2) is 0 Å². The number of hydrogen-bond donors (Lipinski definition) is 1. The predicted octanol–water partition coefficient (Wildman–Crippen LogP) is 4.81. The summed E-state index contributed by atoms with van der Waals surface area (Å²) < 4.78 is 8.30. The summed E-state index contributed by atoms with van der Waals surface area (Å²) in [4.78, 5) is 11.0. The quantitative estimate of drug-likeness (QED) is 0.161. The van der Waals surface area contributed by atoms with Crippen molar-refractivity contribution >= 4 is 46.7 Å². The van der Waals surface area contributed by atoms with Crippen molar-refractivity contribution in [3.05, 3.63) is 12.2 Å². The first kappa shape index (κ1) is 20.6. The smallest absolute Gasteiger partial charge is 0.303 e. The lowest BCUT2D eigenvalue weighted by Gasteiger charge is -2.14. The van der Waals surface area contributed by atoms with Gasteiger partial charge in [0.1, 0.15) is 12.7 Å². The number of unbranched alkanes of at least 4 members (excludes halogenated alkanes) is 3. The van der Waals surface area contributed by atoms with E-state index in [1.807, 2.05) is 0 Å². The fourth-order valence-corrected chi connectivity index (χ4v) is 1.76. The Morgan fingerprint density at radius 2 is 1.95 bits per heavy atom. The van der Waals surface area contributed by atoms with Gasteiger partial charge in [0.25, 0.3) is 3.79 Å². The number of nitrogens with one attached hydrogen (secondary N) is 1. The second kappa shape index (κ2) is 11.2. The summed E-state index contributed by atoms with van der Waals surface area (Å²) in [6, 6.07) is 0. The molecule has 0 heterocycles. The maximum Gasteiger partial charge on any atom is 0.303 e. The van der Waals surface area contributed by atoms with Crippen molar-refractivity contribution in [3.63, 3.8) is 0 Å². The summed E-state index contributed by atoms with van der Waals surface area (Å²) in [5, 5.41) is 7.36. The molecule has 0 amide bonds. The Hall–Kier alpha value is -0.450. The van der Waals surface area contributed by atoms with E-state index >= 15 is 0 Å². The van der Waals surface area contributed by atoms with Crippen LogP contribution in [0.4, 0.5) is 0 Å². The standard InChI is InChI=1S/C14H22Cl3NO3/c1-3-4-5-6-8-12(21-11(2)19)9-7-10-20-13(18)14(15,16)17/h7,9,12,18H,3-6,8,10H2,1-2H3/b9-7-,18-13?. The van der Waals surface area contributed by atoms with Gasteiger partial charge in [-0.1, -0.05) is 61.0 Å². The van der Waals surface area contributed by atoms with Gasteiger partial charge in [0, 0.05) is 6.92 Å². The lowest BCUT2D eigenvalue weighted by atomic mass is 10.1. The molecule has 1 N–H and O–H groups in total. The minimum absolute atomic E-state index is 0.0828. The number of halogens is 3. The summed E-state index contributed by atoms with van der Waals surface area (Å²) >= 11 is 16.4. The molecule has 0 spiro atoms. The van der Waals surface area contributed by atoms with E-state index in [2.05, 4.69) is 6.92 Å². The molecule has 7 heteroatoms.